The van der Waals surface area contributed by atoms with Crippen molar-refractivity contribution in [2.75, 3.05) is 6.54 Å². The zero-order valence-electron chi connectivity index (χ0n) is 31.2. The lowest BCUT2D eigenvalue weighted by atomic mass is 10.1. The predicted molar refractivity (Wildman–Crippen MR) is 186 cm³/mol. The first kappa shape index (κ1) is 46.0. The number of ether oxygens (including phenoxy) is 6. The number of fused-ring (bicyclic) bond motifs is 1. The van der Waals surface area contributed by atoms with Crippen LogP contribution >= 0.6 is 11.3 Å². The molecule has 2 rings (SSSR count). The molecule has 2 N–H and O–H groups in total. The molecule has 19 nitrogen and oxygen atoms in total. The fourth-order valence-electron chi connectivity index (χ4n) is 4.54. The molecule has 1 aliphatic rings. The third-order valence-electron chi connectivity index (χ3n) is 7.64. The second-order valence-electron chi connectivity index (χ2n) is 12.3. The average molecular weight is 827 g/mol. The van der Waals surface area contributed by atoms with Crippen molar-refractivity contribution < 1.29 is 78.8 Å². The maximum Gasteiger partial charge on any atom is 0.347 e. The average Bonchev–Trinajstić information content (AvgIpc) is 3.55. The maximum atomic E-state index is 13.1. The molecule has 0 radical (unpaired) electrons. The van der Waals surface area contributed by atoms with E-state index in [0.717, 1.165) is 34.6 Å². The summed E-state index contributed by atoms with van der Waals surface area (Å²) in [5, 5.41) is 2.35. The molecule has 0 saturated heterocycles. The first-order valence-electron chi connectivity index (χ1n) is 16.9. The number of sulfone groups is 1. The molecule has 2 heterocycles. The molecule has 0 aromatic carbocycles. The van der Waals surface area contributed by atoms with Crippen LogP contribution in [0.2, 0.25) is 0 Å². The van der Waals surface area contributed by atoms with Crippen LogP contribution in [-0.4, -0.2) is 107 Å². The minimum absolute atomic E-state index is 0.0746. The van der Waals surface area contributed by atoms with Gasteiger partial charge < -0.3 is 33.7 Å². The van der Waals surface area contributed by atoms with Gasteiger partial charge in [-0.2, -0.15) is 0 Å². The van der Waals surface area contributed by atoms with E-state index >= 15 is 0 Å². The normalized spacial score (nSPS) is 19.6. The van der Waals surface area contributed by atoms with Crippen LogP contribution in [-0.2, 0) is 81.8 Å². The van der Waals surface area contributed by atoms with E-state index in [1.807, 2.05) is 6.92 Å². The Hall–Kier alpha value is -4.15. The van der Waals surface area contributed by atoms with E-state index in [4.69, 9.17) is 28.4 Å². The van der Waals surface area contributed by atoms with E-state index in [0.29, 0.717) is 24.3 Å². The molecule has 0 saturated carbocycles. The van der Waals surface area contributed by atoms with E-state index in [1.165, 1.54) is 19.9 Å². The Kier molecular flexibility index (Phi) is 16.6. The number of esters is 6. The Bertz CT molecular complexity index is 1810. The number of hydrogen-bond acceptors (Lipinski definition) is 19. The van der Waals surface area contributed by atoms with Gasteiger partial charge in [0, 0.05) is 18.0 Å². The summed E-state index contributed by atoms with van der Waals surface area (Å²) in [6.45, 7) is 12.2. The number of carbonyl (C=O) groups excluding carboxylic acids is 7. The Balaban J connectivity index is 1.90. The monoisotopic (exact) mass is 826 g/mol. The molecule has 1 aliphatic heterocycles. The lowest BCUT2D eigenvalue weighted by molar-refractivity contribution is -0.187. The lowest BCUT2D eigenvalue weighted by Crippen LogP contribution is -2.41. The molecule has 304 valence electrons. The van der Waals surface area contributed by atoms with Gasteiger partial charge in [-0.05, 0) is 73.9 Å². The summed E-state index contributed by atoms with van der Waals surface area (Å²) in [6.07, 6.45) is -8.70. The molecule has 1 amide bonds. The van der Waals surface area contributed by atoms with Crippen molar-refractivity contribution in [3.63, 3.8) is 0 Å². The van der Waals surface area contributed by atoms with Crippen LogP contribution in [0.4, 0.5) is 0 Å². The van der Waals surface area contributed by atoms with Gasteiger partial charge in [-0.3, -0.25) is 9.59 Å². The van der Waals surface area contributed by atoms with Crippen LogP contribution in [0.5, 0.6) is 0 Å². The molecule has 0 fully saturated rings. The largest absolute Gasteiger partial charge is 0.451 e. The molecule has 8 atom stereocenters. The van der Waals surface area contributed by atoms with Gasteiger partial charge in [-0.15, -0.1) is 11.3 Å². The summed E-state index contributed by atoms with van der Waals surface area (Å²) in [5.74, 6) is -7.86. The second-order valence-corrected chi connectivity index (χ2v) is 17.8. The molecule has 22 heteroatoms. The van der Waals surface area contributed by atoms with Crippen LogP contribution in [0.25, 0.3) is 0 Å². The fraction of sp³-hybridized carbons (Fsp3) is 0.656. The van der Waals surface area contributed by atoms with Gasteiger partial charge in [0.2, 0.25) is 0 Å². The molecule has 0 spiro atoms. The van der Waals surface area contributed by atoms with Crippen molar-refractivity contribution in [1.29, 1.82) is 0 Å². The quantitative estimate of drug-likeness (QED) is 0.155. The van der Waals surface area contributed by atoms with Gasteiger partial charge in [-0.25, -0.2) is 45.5 Å². The Morgan fingerprint density at radius 1 is 0.741 bits per heavy atom. The maximum absolute atomic E-state index is 13.1. The highest BCUT2D eigenvalue weighted by Crippen LogP contribution is 2.42. The van der Waals surface area contributed by atoms with Gasteiger partial charge in [0.1, 0.15) is 8.42 Å². The van der Waals surface area contributed by atoms with Crippen LogP contribution < -0.4 is 10.0 Å². The third-order valence-corrected chi connectivity index (χ3v) is 13.4. The smallest absolute Gasteiger partial charge is 0.347 e. The highest BCUT2D eigenvalue weighted by Gasteiger charge is 2.40. The Morgan fingerprint density at radius 3 is 1.56 bits per heavy atom. The number of amides is 1. The van der Waals surface area contributed by atoms with Crippen LogP contribution in [0, 0.1) is 0 Å². The van der Waals surface area contributed by atoms with E-state index < -0.39 is 114 Å². The molecule has 1 aromatic heterocycles. The molecular formula is C32H46N2O17S3. The van der Waals surface area contributed by atoms with Gasteiger partial charge in [0.25, 0.3) is 15.9 Å². The van der Waals surface area contributed by atoms with Crippen LogP contribution in [0.1, 0.15) is 93.2 Å². The number of hydrogen-bond donors (Lipinski definition) is 2. The molecule has 54 heavy (non-hydrogen) atoms. The van der Waals surface area contributed by atoms with E-state index in [-0.39, 0.29) is 22.6 Å². The van der Waals surface area contributed by atoms with Crippen molar-refractivity contribution in [2.45, 2.75) is 138 Å². The van der Waals surface area contributed by atoms with Crippen LogP contribution in [0.3, 0.4) is 0 Å². The summed E-state index contributed by atoms with van der Waals surface area (Å²) in [5.41, 5.74) is 0.269. The Morgan fingerprint density at radius 2 is 1.15 bits per heavy atom. The predicted octanol–water partition coefficient (Wildman–Crippen LogP) is 1.16. The van der Waals surface area contributed by atoms with Gasteiger partial charge in [0.15, 0.2) is 46.5 Å². The number of sulfonamides is 1. The van der Waals surface area contributed by atoms with E-state index in [2.05, 4.69) is 5.32 Å². The summed E-state index contributed by atoms with van der Waals surface area (Å²) in [4.78, 5) is 86.3. The SMILES string of the molecule is CCCC(=O)O[C@@H](C)C(=O)O[C@@H](C)C(=O)O[C@@H](C)C(=O)O[C@@H](C)C(=O)O[C@@H](C)C(=O)O[C@@H](C)C(=O)NS(=O)(=O)c1cc2c(s1)S(=O)(=O)[C@@H](C)C[C@@H]2NCC. The van der Waals surface area contributed by atoms with Crippen molar-refractivity contribution in [1.82, 2.24) is 10.0 Å². The molecule has 0 bridgehead atoms. The highest BCUT2D eigenvalue weighted by atomic mass is 32.3. The zero-order chi connectivity index (χ0) is 41.3. The fourth-order valence-corrected chi connectivity index (χ4v) is 9.58. The topological polar surface area (TPSA) is 267 Å². The van der Waals surface area contributed by atoms with Gasteiger partial charge in [0.05, 0.1) is 5.25 Å². The van der Waals surface area contributed by atoms with Gasteiger partial charge in [-0.1, -0.05) is 13.8 Å². The number of rotatable bonds is 18. The van der Waals surface area contributed by atoms with Crippen molar-refractivity contribution in [2.24, 2.45) is 0 Å². The van der Waals surface area contributed by atoms with Gasteiger partial charge >= 0.3 is 35.8 Å². The van der Waals surface area contributed by atoms with Crippen molar-refractivity contribution in [3.05, 3.63) is 11.6 Å². The number of carbonyl (C=O) groups is 7. The minimum Gasteiger partial charge on any atom is -0.451 e. The van der Waals surface area contributed by atoms with Crippen LogP contribution in [0.15, 0.2) is 14.5 Å². The summed E-state index contributed by atoms with van der Waals surface area (Å²) in [6, 6.07) is 0.752. The molecule has 0 unspecified atom stereocenters. The molecular weight excluding hydrogens is 781 g/mol. The standard InChI is InChI=1S/C32H46N2O17S3/c1-10-12-24(35)46-17(5)27(37)48-19(7)29(39)50-21(9)31(41)51-20(8)30(40)49-18(6)28(38)47-16(4)26(36)34-54(44,45)25-14-22-23(33-11-2)13-15(3)53(42,43)32(22)52-25/h14-21,23,33H,10-13H2,1-9H3,(H,34,36)/t15-,16-,17-,18-,19-,20-,21-,23-/m0/s1. The molecule has 0 aliphatic carbocycles. The minimum atomic E-state index is -4.60. The third kappa shape index (κ3) is 12.2. The highest BCUT2D eigenvalue weighted by molar-refractivity contribution is 7.95. The summed E-state index contributed by atoms with van der Waals surface area (Å²) >= 11 is 0.492. The van der Waals surface area contributed by atoms with Crippen molar-refractivity contribution in [3.8, 4) is 0 Å². The zero-order valence-corrected chi connectivity index (χ0v) is 33.6. The van der Waals surface area contributed by atoms with E-state index in [1.54, 1.807) is 11.6 Å². The Labute approximate surface area is 317 Å². The first-order valence-corrected chi connectivity index (χ1v) is 20.7. The van der Waals surface area contributed by atoms with Crippen molar-refractivity contribution >= 4 is 72.9 Å². The lowest BCUT2D eigenvalue weighted by Gasteiger charge is -2.27. The summed E-state index contributed by atoms with van der Waals surface area (Å²) in [7, 11) is -8.42. The summed E-state index contributed by atoms with van der Waals surface area (Å²) < 4.78 is 82.6. The second kappa shape index (κ2) is 19.4. The molecule has 1 aromatic rings. The van der Waals surface area contributed by atoms with E-state index in [9.17, 15) is 50.4 Å². The number of thiophene rings is 1. The first-order chi connectivity index (χ1) is 25.0. The number of nitrogens with one attached hydrogen (secondary N) is 2.